The Bertz CT molecular complexity index is 883. The van der Waals surface area contributed by atoms with E-state index in [-0.39, 0.29) is 18.0 Å². The van der Waals surface area contributed by atoms with Crippen LogP contribution in [0, 0.1) is 6.92 Å². The Balaban J connectivity index is 1.50. The van der Waals surface area contributed by atoms with Gasteiger partial charge in [0.25, 0.3) is 5.91 Å². The average Bonchev–Trinajstić information content (AvgIpc) is 3.37. The maximum atomic E-state index is 12.6. The van der Waals surface area contributed by atoms with E-state index in [1.165, 1.54) is 0 Å². The van der Waals surface area contributed by atoms with Gasteiger partial charge >= 0.3 is 0 Å². The summed E-state index contributed by atoms with van der Waals surface area (Å²) in [5.74, 6) is -0.0799. The second kappa shape index (κ2) is 6.75. The van der Waals surface area contributed by atoms with Crippen molar-refractivity contribution >= 4 is 5.91 Å². The van der Waals surface area contributed by atoms with Crippen molar-refractivity contribution in [3.05, 3.63) is 53.9 Å². The van der Waals surface area contributed by atoms with Crippen molar-refractivity contribution in [3.8, 4) is 0 Å². The third-order valence-corrected chi connectivity index (χ3v) is 4.80. The van der Waals surface area contributed by atoms with E-state index in [9.17, 15) is 4.79 Å². The highest BCUT2D eigenvalue weighted by Crippen LogP contribution is 2.24. The van der Waals surface area contributed by atoms with E-state index in [1.54, 1.807) is 12.5 Å². The Morgan fingerprint density at radius 3 is 2.92 bits per heavy atom. The number of amides is 1. The normalized spacial score (nSPS) is 20.5. The highest BCUT2D eigenvalue weighted by atomic mass is 16.5. The van der Waals surface area contributed by atoms with Crippen LogP contribution in [0.3, 0.4) is 0 Å². The number of nitrogens with zero attached hydrogens (tertiary/aromatic N) is 6. The van der Waals surface area contributed by atoms with E-state index in [0.717, 1.165) is 24.3 Å². The van der Waals surface area contributed by atoms with Crippen molar-refractivity contribution in [2.24, 2.45) is 7.05 Å². The van der Waals surface area contributed by atoms with Crippen LogP contribution >= 0.6 is 0 Å². The first kappa shape index (κ1) is 16.5. The molecule has 0 saturated carbocycles. The van der Waals surface area contributed by atoms with E-state index in [2.05, 4.69) is 25.7 Å². The molecule has 2 atom stereocenters. The summed E-state index contributed by atoms with van der Waals surface area (Å²) in [4.78, 5) is 14.9. The highest BCUT2D eigenvalue weighted by Gasteiger charge is 2.36. The molecule has 136 valence electrons. The van der Waals surface area contributed by atoms with Gasteiger partial charge in [-0.2, -0.15) is 0 Å². The maximum Gasteiger partial charge on any atom is 0.253 e. The van der Waals surface area contributed by atoms with Crippen molar-refractivity contribution < 1.29 is 9.32 Å². The van der Waals surface area contributed by atoms with Gasteiger partial charge in [0.2, 0.25) is 0 Å². The van der Waals surface area contributed by atoms with Gasteiger partial charge in [-0.05, 0) is 13.0 Å². The zero-order valence-electron chi connectivity index (χ0n) is 14.7. The summed E-state index contributed by atoms with van der Waals surface area (Å²) in [6.07, 6.45) is 8.84. The fraction of sp³-hybridized carbons (Fsp3) is 0.412. The molecule has 0 bridgehead atoms. The second-order valence-electron chi connectivity index (χ2n) is 6.72. The van der Waals surface area contributed by atoms with Crippen LogP contribution in [0.1, 0.15) is 27.7 Å². The first-order valence-electron chi connectivity index (χ1n) is 8.51. The number of carbonyl (C=O) groups is 1. The molecular weight excluding hydrogens is 334 g/mol. The van der Waals surface area contributed by atoms with E-state index < -0.39 is 0 Å². The molecule has 3 aromatic rings. The predicted octanol–water partition coefficient (Wildman–Crippen LogP) is 0.769. The minimum absolute atomic E-state index is 0.0188. The second-order valence-corrected chi connectivity index (χ2v) is 6.72. The summed E-state index contributed by atoms with van der Waals surface area (Å²) in [7, 11) is 1.90. The SMILES string of the molecule is Cc1nocc1CN1C[C@@H](NC(=O)c2ccn(C)c2)[C@@H](n2ccnn2)C1. The van der Waals surface area contributed by atoms with Gasteiger partial charge in [-0.15, -0.1) is 5.10 Å². The molecule has 9 heteroatoms. The molecule has 1 N–H and O–H groups in total. The summed E-state index contributed by atoms with van der Waals surface area (Å²) < 4.78 is 8.71. The number of hydrogen-bond acceptors (Lipinski definition) is 6. The molecule has 4 heterocycles. The molecule has 1 aliphatic heterocycles. The predicted molar refractivity (Wildman–Crippen MR) is 92.2 cm³/mol. The number of nitrogens with one attached hydrogen (secondary N) is 1. The van der Waals surface area contributed by atoms with Crippen molar-refractivity contribution in [2.75, 3.05) is 13.1 Å². The molecule has 1 fully saturated rings. The van der Waals surface area contributed by atoms with Gasteiger partial charge in [0, 0.05) is 50.8 Å². The molecule has 0 aromatic carbocycles. The lowest BCUT2D eigenvalue weighted by Crippen LogP contribution is -2.41. The van der Waals surface area contributed by atoms with Crippen LogP contribution in [0.4, 0.5) is 0 Å². The largest absolute Gasteiger partial charge is 0.364 e. The highest BCUT2D eigenvalue weighted by molar-refractivity contribution is 5.94. The summed E-state index contributed by atoms with van der Waals surface area (Å²) in [5.41, 5.74) is 2.59. The minimum Gasteiger partial charge on any atom is -0.364 e. The number of likely N-dealkylation sites (tertiary alicyclic amines) is 1. The molecule has 0 radical (unpaired) electrons. The third-order valence-electron chi connectivity index (χ3n) is 4.80. The summed E-state index contributed by atoms with van der Waals surface area (Å²) in [6, 6.07) is 1.77. The third kappa shape index (κ3) is 3.25. The van der Waals surface area contributed by atoms with E-state index in [4.69, 9.17) is 4.52 Å². The summed E-state index contributed by atoms with van der Waals surface area (Å²) >= 11 is 0. The monoisotopic (exact) mass is 355 g/mol. The van der Waals surface area contributed by atoms with Crippen LogP contribution < -0.4 is 5.32 Å². The van der Waals surface area contributed by atoms with Crippen molar-refractivity contribution in [2.45, 2.75) is 25.6 Å². The van der Waals surface area contributed by atoms with Gasteiger partial charge in [0.1, 0.15) is 6.26 Å². The van der Waals surface area contributed by atoms with Crippen molar-refractivity contribution in [1.82, 2.24) is 34.9 Å². The lowest BCUT2D eigenvalue weighted by atomic mass is 10.1. The minimum atomic E-state index is -0.0799. The Labute approximate surface area is 150 Å². The molecule has 1 aliphatic rings. The smallest absolute Gasteiger partial charge is 0.253 e. The molecule has 1 amide bonds. The fourth-order valence-electron chi connectivity index (χ4n) is 3.39. The number of hydrogen-bond donors (Lipinski definition) is 1. The standard InChI is InChI=1S/C17H21N7O2/c1-12-14(11-26-20-12)8-23-9-15(16(10-23)24-6-4-18-21-24)19-17(25)13-3-5-22(2)7-13/h3-7,11,15-16H,8-10H2,1-2H3,(H,19,25)/t15-,16+/m1/s1. The molecule has 4 rings (SSSR count). The van der Waals surface area contributed by atoms with Crippen LogP contribution in [-0.2, 0) is 13.6 Å². The van der Waals surface area contributed by atoms with Crippen LogP contribution in [0.15, 0.2) is 41.6 Å². The number of aromatic nitrogens is 5. The summed E-state index contributed by atoms with van der Waals surface area (Å²) in [6.45, 7) is 4.12. The lowest BCUT2D eigenvalue weighted by Gasteiger charge is -2.19. The zero-order valence-corrected chi connectivity index (χ0v) is 14.7. The average molecular weight is 355 g/mol. The van der Waals surface area contributed by atoms with Crippen molar-refractivity contribution in [1.29, 1.82) is 0 Å². The Morgan fingerprint density at radius 1 is 1.38 bits per heavy atom. The molecule has 0 unspecified atom stereocenters. The van der Waals surface area contributed by atoms with Crippen molar-refractivity contribution in [3.63, 3.8) is 0 Å². The number of carbonyl (C=O) groups excluding carboxylic acids is 1. The topological polar surface area (TPSA) is 94.0 Å². The van der Waals surface area contributed by atoms with Gasteiger partial charge in [-0.3, -0.25) is 9.69 Å². The lowest BCUT2D eigenvalue weighted by molar-refractivity contribution is 0.0929. The van der Waals surface area contributed by atoms with Crippen LogP contribution in [0.2, 0.25) is 0 Å². The number of rotatable bonds is 5. The molecule has 3 aromatic heterocycles. The first-order chi connectivity index (χ1) is 12.6. The zero-order chi connectivity index (χ0) is 18.1. The van der Waals surface area contributed by atoms with Gasteiger partial charge in [0.05, 0.1) is 29.5 Å². The van der Waals surface area contributed by atoms with Gasteiger partial charge in [-0.1, -0.05) is 10.4 Å². The van der Waals surface area contributed by atoms with Crippen LogP contribution in [0.5, 0.6) is 0 Å². The van der Waals surface area contributed by atoms with E-state index in [0.29, 0.717) is 12.1 Å². The van der Waals surface area contributed by atoms with Gasteiger partial charge in [-0.25, -0.2) is 4.68 Å². The van der Waals surface area contributed by atoms with Gasteiger partial charge < -0.3 is 14.4 Å². The molecule has 0 spiro atoms. The molecule has 9 nitrogen and oxygen atoms in total. The number of aryl methyl sites for hydroxylation is 2. The molecule has 26 heavy (non-hydrogen) atoms. The van der Waals surface area contributed by atoms with Crippen LogP contribution in [0.25, 0.3) is 0 Å². The molecular formula is C17H21N7O2. The van der Waals surface area contributed by atoms with Gasteiger partial charge in [0.15, 0.2) is 0 Å². The fourth-order valence-corrected chi connectivity index (χ4v) is 3.39. The Kier molecular flexibility index (Phi) is 4.29. The first-order valence-corrected chi connectivity index (χ1v) is 8.51. The molecule has 1 saturated heterocycles. The van der Waals surface area contributed by atoms with E-state index >= 15 is 0 Å². The summed E-state index contributed by atoms with van der Waals surface area (Å²) in [5, 5.41) is 15.1. The molecule has 0 aliphatic carbocycles. The quantitative estimate of drug-likeness (QED) is 0.726. The Hall–Kier alpha value is -2.94. The maximum absolute atomic E-state index is 12.6. The van der Waals surface area contributed by atoms with Crippen LogP contribution in [-0.4, -0.2) is 54.7 Å². The Morgan fingerprint density at radius 2 is 2.27 bits per heavy atom. The van der Waals surface area contributed by atoms with E-state index in [1.807, 2.05) is 47.9 Å².